The van der Waals surface area contributed by atoms with Crippen molar-refractivity contribution in [1.82, 2.24) is 4.90 Å². The highest BCUT2D eigenvalue weighted by atomic mass is 127. The number of amides is 1. The fourth-order valence-corrected chi connectivity index (χ4v) is 4.89. The molecule has 1 heterocycles. The number of hydrogen-bond donors (Lipinski definition) is 0. The number of rotatable bonds is 7. The summed E-state index contributed by atoms with van der Waals surface area (Å²) in [5.41, 5.74) is 3.06. The van der Waals surface area contributed by atoms with E-state index in [-0.39, 0.29) is 12.5 Å². The van der Waals surface area contributed by atoms with Gasteiger partial charge in [-0.2, -0.15) is 0 Å². The van der Waals surface area contributed by atoms with Crippen molar-refractivity contribution < 1.29 is 14.3 Å². The number of carbonyl (C=O) groups excluding carboxylic acids is 1. The standard InChI is InChI=1S/C23H20INO3S2/c1-4-10-28-21-18(24)11-17(12-19(21)27-5-2)13-20-22(26)25(23(29)30-20)14-16-8-6-15(3)7-9-16/h1,6-9,11-13H,5,10,14H2,2-3H3/b20-13-. The van der Waals surface area contributed by atoms with E-state index in [0.29, 0.717) is 33.9 Å². The van der Waals surface area contributed by atoms with Crippen LogP contribution in [0.3, 0.4) is 0 Å². The lowest BCUT2D eigenvalue weighted by Gasteiger charge is -2.14. The predicted octanol–water partition coefficient (Wildman–Crippen LogP) is 5.41. The molecule has 0 spiro atoms. The maximum absolute atomic E-state index is 13.0. The molecular formula is C23H20INO3S2. The summed E-state index contributed by atoms with van der Waals surface area (Å²) in [4.78, 5) is 15.2. The maximum atomic E-state index is 13.0. The van der Waals surface area contributed by atoms with E-state index in [1.54, 1.807) is 4.90 Å². The minimum atomic E-state index is -0.0915. The highest BCUT2D eigenvalue weighted by Gasteiger charge is 2.32. The summed E-state index contributed by atoms with van der Waals surface area (Å²) < 4.78 is 12.8. The van der Waals surface area contributed by atoms with Crippen molar-refractivity contribution in [3.05, 3.63) is 61.6 Å². The first-order valence-corrected chi connectivity index (χ1v) is 11.6. The van der Waals surface area contributed by atoms with E-state index in [1.807, 2.05) is 56.3 Å². The third-order valence-corrected chi connectivity index (χ3v) is 6.44. The Morgan fingerprint density at radius 3 is 2.67 bits per heavy atom. The molecule has 1 aliphatic rings. The third-order valence-electron chi connectivity index (χ3n) is 4.26. The monoisotopic (exact) mass is 549 g/mol. The maximum Gasteiger partial charge on any atom is 0.266 e. The minimum Gasteiger partial charge on any atom is -0.490 e. The normalized spacial score (nSPS) is 14.9. The summed E-state index contributed by atoms with van der Waals surface area (Å²) in [5, 5.41) is 0. The number of terminal acetylenes is 1. The number of thioether (sulfide) groups is 1. The van der Waals surface area contributed by atoms with Crippen LogP contribution in [-0.2, 0) is 11.3 Å². The number of halogens is 1. The predicted molar refractivity (Wildman–Crippen MR) is 135 cm³/mol. The molecule has 0 radical (unpaired) electrons. The van der Waals surface area contributed by atoms with E-state index in [1.165, 1.54) is 17.3 Å². The van der Waals surface area contributed by atoms with Gasteiger partial charge in [-0.1, -0.05) is 59.7 Å². The number of hydrogen-bond acceptors (Lipinski definition) is 5. The zero-order valence-corrected chi connectivity index (χ0v) is 20.4. The topological polar surface area (TPSA) is 38.8 Å². The first-order chi connectivity index (χ1) is 14.4. The molecule has 0 N–H and O–H groups in total. The van der Waals surface area contributed by atoms with Gasteiger partial charge in [0.2, 0.25) is 0 Å². The Hall–Kier alpha value is -2.02. The molecular weight excluding hydrogens is 529 g/mol. The van der Waals surface area contributed by atoms with Gasteiger partial charge >= 0.3 is 0 Å². The molecule has 7 heteroatoms. The molecule has 0 unspecified atom stereocenters. The van der Waals surface area contributed by atoms with Gasteiger partial charge in [0.1, 0.15) is 10.9 Å². The van der Waals surface area contributed by atoms with E-state index in [4.69, 9.17) is 28.1 Å². The van der Waals surface area contributed by atoms with Crippen molar-refractivity contribution in [2.45, 2.75) is 20.4 Å². The second-order valence-electron chi connectivity index (χ2n) is 6.51. The SMILES string of the molecule is C#CCOc1c(I)cc(/C=C2\SC(=S)N(Cc3ccc(C)cc3)C2=O)cc1OCC. The Bertz CT molecular complexity index is 1040. The van der Waals surface area contributed by atoms with E-state index in [9.17, 15) is 4.79 Å². The highest BCUT2D eigenvalue weighted by Crippen LogP contribution is 2.38. The van der Waals surface area contributed by atoms with E-state index in [2.05, 4.69) is 28.5 Å². The molecule has 0 aromatic heterocycles. The van der Waals surface area contributed by atoms with Crippen molar-refractivity contribution in [2.75, 3.05) is 13.2 Å². The summed E-state index contributed by atoms with van der Waals surface area (Å²) in [6.45, 7) is 5.05. The lowest BCUT2D eigenvalue weighted by atomic mass is 10.1. The Morgan fingerprint density at radius 1 is 1.27 bits per heavy atom. The number of thiocarbonyl (C=S) groups is 1. The molecule has 0 atom stereocenters. The van der Waals surface area contributed by atoms with Gasteiger partial charge in [0, 0.05) is 0 Å². The van der Waals surface area contributed by atoms with Gasteiger partial charge in [-0.3, -0.25) is 9.69 Å². The minimum absolute atomic E-state index is 0.0915. The Morgan fingerprint density at radius 2 is 2.00 bits per heavy atom. The van der Waals surface area contributed by atoms with Crippen LogP contribution in [0.25, 0.3) is 6.08 Å². The highest BCUT2D eigenvalue weighted by molar-refractivity contribution is 14.1. The molecule has 2 aromatic rings. The fraction of sp³-hybridized carbons (Fsp3) is 0.217. The van der Waals surface area contributed by atoms with Crippen molar-refractivity contribution in [3.8, 4) is 23.8 Å². The molecule has 30 heavy (non-hydrogen) atoms. The second kappa shape index (κ2) is 10.3. The van der Waals surface area contributed by atoms with Crippen LogP contribution in [0.4, 0.5) is 0 Å². The van der Waals surface area contributed by atoms with Crippen LogP contribution in [0.2, 0.25) is 0 Å². The van der Waals surface area contributed by atoms with E-state index < -0.39 is 0 Å². The van der Waals surface area contributed by atoms with Crippen LogP contribution < -0.4 is 9.47 Å². The van der Waals surface area contributed by atoms with Crippen molar-refractivity contribution in [2.24, 2.45) is 0 Å². The Balaban J connectivity index is 1.85. The van der Waals surface area contributed by atoms with Crippen LogP contribution in [0.5, 0.6) is 11.5 Å². The Labute approximate surface area is 200 Å². The number of ether oxygens (including phenoxy) is 2. The van der Waals surface area contributed by atoms with Crippen LogP contribution in [0, 0.1) is 22.8 Å². The fourth-order valence-electron chi connectivity index (χ4n) is 2.85. The Kier molecular flexibility index (Phi) is 7.81. The number of nitrogens with zero attached hydrogens (tertiary/aromatic N) is 1. The molecule has 1 saturated heterocycles. The van der Waals surface area contributed by atoms with Gasteiger partial charge < -0.3 is 9.47 Å². The lowest BCUT2D eigenvalue weighted by Crippen LogP contribution is -2.27. The van der Waals surface area contributed by atoms with Gasteiger partial charge in [-0.15, -0.1) is 6.42 Å². The molecule has 4 nitrogen and oxygen atoms in total. The van der Waals surface area contributed by atoms with E-state index >= 15 is 0 Å². The smallest absolute Gasteiger partial charge is 0.266 e. The molecule has 2 aromatic carbocycles. The summed E-state index contributed by atoms with van der Waals surface area (Å²) in [5.74, 6) is 3.58. The second-order valence-corrected chi connectivity index (χ2v) is 9.35. The summed E-state index contributed by atoms with van der Waals surface area (Å²) in [6.07, 6.45) is 7.15. The average Bonchev–Trinajstić information content (AvgIpc) is 2.96. The van der Waals surface area contributed by atoms with Gasteiger partial charge in [0.25, 0.3) is 5.91 Å². The van der Waals surface area contributed by atoms with Crippen molar-refractivity contribution in [1.29, 1.82) is 0 Å². The molecule has 1 fully saturated rings. The zero-order valence-electron chi connectivity index (χ0n) is 16.6. The van der Waals surface area contributed by atoms with Gasteiger partial charge in [0.05, 0.1) is 21.6 Å². The molecule has 1 aliphatic heterocycles. The van der Waals surface area contributed by atoms with Gasteiger partial charge in [-0.25, -0.2) is 0 Å². The number of benzene rings is 2. The zero-order chi connectivity index (χ0) is 21.7. The molecule has 0 bridgehead atoms. The first kappa shape index (κ1) is 22.7. The van der Waals surface area contributed by atoms with Crippen LogP contribution >= 0.6 is 46.6 Å². The van der Waals surface area contributed by atoms with Crippen LogP contribution in [-0.4, -0.2) is 28.3 Å². The van der Waals surface area contributed by atoms with Gasteiger partial charge in [-0.05, 0) is 65.8 Å². The molecule has 0 saturated carbocycles. The molecule has 3 rings (SSSR count). The molecule has 0 aliphatic carbocycles. The van der Waals surface area contributed by atoms with Crippen molar-refractivity contribution in [3.63, 3.8) is 0 Å². The molecule has 1 amide bonds. The average molecular weight is 549 g/mol. The van der Waals surface area contributed by atoms with Crippen LogP contribution in [0.15, 0.2) is 41.3 Å². The third kappa shape index (κ3) is 5.36. The van der Waals surface area contributed by atoms with Crippen LogP contribution in [0.1, 0.15) is 23.6 Å². The van der Waals surface area contributed by atoms with Gasteiger partial charge in [0.15, 0.2) is 11.5 Å². The summed E-state index contributed by atoms with van der Waals surface area (Å²) in [7, 11) is 0. The van der Waals surface area contributed by atoms with E-state index in [0.717, 1.165) is 14.7 Å². The largest absolute Gasteiger partial charge is 0.490 e. The number of carbonyl (C=O) groups is 1. The molecule has 154 valence electrons. The summed E-state index contributed by atoms with van der Waals surface area (Å²) in [6, 6.07) is 11.9. The van der Waals surface area contributed by atoms with Crippen molar-refractivity contribution >= 4 is 62.9 Å². The summed E-state index contributed by atoms with van der Waals surface area (Å²) >= 11 is 8.95. The number of aryl methyl sites for hydroxylation is 1. The quantitative estimate of drug-likeness (QED) is 0.200. The lowest BCUT2D eigenvalue weighted by molar-refractivity contribution is -0.122. The first-order valence-electron chi connectivity index (χ1n) is 9.26.